The van der Waals surface area contributed by atoms with E-state index >= 15 is 0 Å². The molecule has 0 spiro atoms. The van der Waals surface area contributed by atoms with E-state index in [1.807, 2.05) is 12.4 Å². The first-order valence-electron chi connectivity index (χ1n) is 5.00. The van der Waals surface area contributed by atoms with Crippen molar-refractivity contribution in [1.29, 1.82) is 0 Å². The van der Waals surface area contributed by atoms with Gasteiger partial charge in [0.2, 0.25) is 0 Å². The molecule has 78 valence electrons. The molecular weight excluding hydrogens is 176 g/mol. The highest BCUT2D eigenvalue weighted by Crippen LogP contribution is 2.23. The highest BCUT2D eigenvalue weighted by molar-refractivity contribution is 5.09. The smallest absolute Gasteiger partial charge is 0.115 e. The van der Waals surface area contributed by atoms with Gasteiger partial charge in [0, 0.05) is 18.0 Å². The van der Waals surface area contributed by atoms with E-state index in [2.05, 4.69) is 29.2 Å². The van der Waals surface area contributed by atoms with Crippen molar-refractivity contribution in [2.45, 2.75) is 32.7 Å². The van der Waals surface area contributed by atoms with E-state index in [0.717, 1.165) is 18.4 Å². The molecule has 0 aromatic carbocycles. The molecule has 0 bridgehead atoms. The molecule has 4 heteroatoms. The molecule has 2 atom stereocenters. The summed E-state index contributed by atoms with van der Waals surface area (Å²) in [7, 11) is 0. The molecule has 0 radical (unpaired) electrons. The fourth-order valence-electron chi connectivity index (χ4n) is 1.68. The molecular formula is C10H18N4. The third kappa shape index (κ3) is 2.75. The van der Waals surface area contributed by atoms with Crippen molar-refractivity contribution in [2.75, 3.05) is 0 Å². The van der Waals surface area contributed by atoms with Gasteiger partial charge >= 0.3 is 0 Å². The van der Waals surface area contributed by atoms with Gasteiger partial charge < -0.3 is 0 Å². The summed E-state index contributed by atoms with van der Waals surface area (Å²) in [6.45, 7) is 4.35. The Morgan fingerprint density at radius 2 is 2.07 bits per heavy atom. The van der Waals surface area contributed by atoms with Crippen LogP contribution in [-0.2, 0) is 0 Å². The van der Waals surface area contributed by atoms with Gasteiger partial charge in [-0.3, -0.25) is 11.3 Å². The van der Waals surface area contributed by atoms with Crippen molar-refractivity contribution >= 4 is 0 Å². The first-order valence-corrected chi connectivity index (χ1v) is 5.00. The Hall–Kier alpha value is -1.00. The van der Waals surface area contributed by atoms with E-state index in [4.69, 9.17) is 5.84 Å². The topological polar surface area (TPSA) is 63.8 Å². The van der Waals surface area contributed by atoms with Gasteiger partial charge in [-0.15, -0.1) is 0 Å². The summed E-state index contributed by atoms with van der Waals surface area (Å²) >= 11 is 0. The lowest BCUT2D eigenvalue weighted by atomic mass is 9.93. The summed E-state index contributed by atoms with van der Waals surface area (Å²) in [5, 5.41) is 0. The second kappa shape index (κ2) is 5.67. The van der Waals surface area contributed by atoms with Crippen molar-refractivity contribution in [3.05, 3.63) is 24.3 Å². The number of nitrogens with one attached hydrogen (secondary N) is 1. The fourth-order valence-corrected chi connectivity index (χ4v) is 1.68. The van der Waals surface area contributed by atoms with Crippen LogP contribution in [0.2, 0.25) is 0 Å². The quantitative estimate of drug-likeness (QED) is 0.549. The summed E-state index contributed by atoms with van der Waals surface area (Å²) in [6.07, 6.45) is 7.45. The molecule has 0 aliphatic heterocycles. The van der Waals surface area contributed by atoms with Gasteiger partial charge in [-0.25, -0.2) is 9.97 Å². The van der Waals surface area contributed by atoms with Crippen LogP contribution in [-0.4, -0.2) is 9.97 Å². The van der Waals surface area contributed by atoms with Crippen LogP contribution in [0.4, 0.5) is 0 Å². The Morgan fingerprint density at radius 3 is 2.57 bits per heavy atom. The molecule has 0 aliphatic rings. The molecule has 1 aromatic heterocycles. The molecule has 0 fully saturated rings. The number of rotatable bonds is 5. The minimum Gasteiger partial charge on any atom is -0.271 e. The molecule has 4 nitrogen and oxygen atoms in total. The molecule has 0 saturated carbocycles. The van der Waals surface area contributed by atoms with Gasteiger partial charge in [0.25, 0.3) is 0 Å². The zero-order chi connectivity index (χ0) is 10.4. The Kier molecular flexibility index (Phi) is 4.49. The lowest BCUT2D eigenvalue weighted by Crippen LogP contribution is -2.32. The third-order valence-corrected chi connectivity index (χ3v) is 2.43. The Balaban J connectivity index is 2.71. The van der Waals surface area contributed by atoms with E-state index in [1.54, 1.807) is 0 Å². The minimum absolute atomic E-state index is 0.149. The van der Waals surface area contributed by atoms with Crippen molar-refractivity contribution in [1.82, 2.24) is 15.4 Å². The SMILES string of the molecule is CCCC(C)C(NN)c1cncnc1. The Labute approximate surface area is 84.9 Å². The van der Waals surface area contributed by atoms with Crippen LogP contribution in [0.15, 0.2) is 18.7 Å². The van der Waals surface area contributed by atoms with Crippen LogP contribution in [0.3, 0.4) is 0 Å². The van der Waals surface area contributed by atoms with Crippen molar-refractivity contribution in [3.8, 4) is 0 Å². The van der Waals surface area contributed by atoms with Crippen LogP contribution in [0, 0.1) is 5.92 Å². The van der Waals surface area contributed by atoms with Crippen LogP contribution >= 0.6 is 0 Å². The fraction of sp³-hybridized carbons (Fsp3) is 0.600. The lowest BCUT2D eigenvalue weighted by molar-refractivity contribution is 0.367. The number of hydrogen-bond acceptors (Lipinski definition) is 4. The molecule has 1 heterocycles. The molecule has 1 aromatic rings. The minimum atomic E-state index is 0.149. The average molecular weight is 194 g/mol. The van der Waals surface area contributed by atoms with Gasteiger partial charge in [0.15, 0.2) is 0 Å². The van der Waals surface area contributed by atoms with Crippen molar-refractivity contribution < 1.29 is 0 Å². The maximum atomic E-state index is 5.53. The van der Waals surface area contributed by atoms with E-state index in [-0.39, 0.29) is 6.04 Å². The van der Waals surface area contributed by atoms with E-state index in [1.165, 1.54) is 6.33 Å². The second-order valence-corrected chi connectivity index (χ2v) is 3.58. The van der Waals surface area contributed by atoms with E-state index in [0.29, 0.717) is 5.92 Å². The number of nitrogens with two attached hydrogens (primary N) is 1. The van der Waals surface area contributed by atoms with E-state index < -0.39 is 0 Å². The Morgan fingerprint density at radius 1 is 1.43 bits per heavy atom. The summed E-state index contributed by atoms with van der Waals surface area (Å²) in [6, 6.07) is 0.149. The largest absolute Gasteiger partial charge is 0.271 e. The summed E-state index contributed by atoms with van der Waals surface area (Å²) in [4.78, 5) is 7.98. The van der Waals surface area contributed by atoms with Gasteiger partial charge in [-0.2, -0.15) is 0 Å². The number of hydrogen-bond donors (Lipinski definition) is 2. The molecule has 0 aliphatic carbocycles. The van der Waals surface area contributed by atoms with Crippen LogP contribution < -0.4 is 11.3 Å². The number of aromatic nitrogens is 2. The zero-order valence-electron chi connectivity index (χ0n) is 8.77. The summed E-state index contributed by atoms with van der Waals surface area (Å²) in [5.74, 6) is 6.03. The first-order chi connectivity index (χ1) is 6.79. The number of nitrogens with zero attached hydrogens (tertiary/aromatic N) is 2. The highest BCUT2D eigenvalue weighted by atomic mass is 15.2. The molecule has 2 unspecified atom stereocenters. The molecule has 0 saturated heterocycles. The Bertz CT molecular complexity index is 250. The van der Waals surface area contributed by atoms with Gasteiger partial charge in [0.05, 0.1) is 6.04 Å². The maximum absolute atomic E-state index is 5.53. The standard InChI is InChI=1S/C10H18N4/c1-3-4-8(2)10(14-11)9-5-12-7-13-6-9/h5-8,10,14H,3-4,11H2,1-2H3. The average Bonchev–Trinajstić information content (AvgIpc) is 2.21. The lowest BCUT2D eigenvalue weighted by Gasteiger charge is -2.22. The summed E-state index contributed by atoms with van der Waals surface area (Å²) < 4.78 is 0. The molecule has 0 amide bonds. The van der Waals surface area contributed by atoms with E-state index in [9.17, 15) is 0 Å². The third-order valence-electron chi connectivity index (χ3n) is 2.43. The van der Waals surface area contributed by atoms with Crippen LogP contribution in [0.5, 0.6) is 0 Å². The van der Waals surface area contributed by atoms with Gasteiger partial charge in [-0.05, 0) is 12.3 Å². The summed E-state index contributed by atoms with van der Waals surface area (Å²) in [5.41, 5.74) is 3.87. The number of hydrazine groups is 1. The maximum Gasteiger partial charge on any atom is 0.115 e. The predicted molar refractivity (Wildman–Crippen MR) is 56.2 cm³/mol. The van der Waals surface area contributed by atoms with Crippen LogP contribution in [0.25, 0.3) is 0 Å². The normalized spacial score (nSPS) is 15.1. The molecule has 1 rings (SSSR count). The molecule has 14 heavy (non-hydrogen) atoms. The first kappa shape index (κ1) is 11.1. The monoisotopic (exact) mass is 194 g/mol. The van der Waals surface area contributed by atoms with Gasteiger partial charge in [0.1, 0.15) is 6.33 Å². The van der Waals surface area contributed by atoms with Gasteiger partial charge in [-0.1, -0.05) is 20.3 Å². The second-order valence-electron chi connectivity index (χ2n) is 3.58. The van der Waals surface area contributed by atoms with Crippen LogP contribution in [0.1, 0.15) is 38.3 Å². The van der Waals surface area contributed by atoms with Crippen molar-refractivity contribution in [3.63, 3.8) is 0 Å². The highest BCUT2D eigenvalue weighted by Gasteiger charge is 2.17. The van der Waals surface area contributed by atoms with Crippen molar-refractivity contribution in [2.24, 2.45) is 11.8 Å². The zero-order valence-corrected chi connectivity index (χ0v) is 8.77. The predicted octanol–water partition coefficient (Wildman–Crippen LogP) is 1.42. The molecule has 3 N–H and O–H groups in total.